The highest BCUT2D eigenvalue weighted by atomic mass is 16.2. The van der Waals surface area contributed by atoms with Crippen molar-refractivity contribution >= 4 is 11.8 Å². The molecule has 1 saturated heterocycles. The molecule has 6 nitrogen and oxygen atoms in total. The molecular formula is C9H18N4O2. The van der Waals surface area contributed by atoms with Gasteiger partial charge in [-0.3, -0.25) is 19.9 Å². The Hall–Kier alpha value is -1.14. The maximum Gasteiger partial charge on any atom is 0.248 e. The number of carbonyl (C=O) groups excluding carboxylic acids is 2. The number of nitrogens with two attached hydrogens (primary N) is 1. The Morgan fingerprint density at radius 2 is 2.00 bits per heavy atom. The Labute approximate surface area is 89.1 Å². The molecule has 1 aliphatic rings. The van der Waals surface area contributed by atoms with Gasteiger partial charge >= 0.3 is 0 Å². The first-order valence-corrected chi connectivity index (χ1v) is 5.10. The third kappa shape index (κ3) is 4.26. The van der Waals surface area contributed by atoms with Gasteiger partial charge in [-0.25, -0.2) is 5.84 Å². The average molecular weight is 214 g/mol. The topological polar surface area (TPSA) is 87.5 Å². The zero-order valence-electron chi connectivity index (χ0n) is 8.95. The fourth-order valence-electron chi connectivity index (χ4n) is 1.77. The number of hydrazine groups is 1. The molecule has 1 aliphatic heterocycles. The number of likely N-dealkylation sites (tertiary alicyclic amines) is 1. The second-order valence-electron chi connectivity index (χ2n) is 3.82. The zero-order valence-corrected chi connectivity index (χ0v) is 8.95. The highest BCUT2D eigenvalue weighted by molar-refractivity contribution is 5.77. The monoisotopic (exact) mass is 214 g/mol. The summed E-state index contributed by atoms with van der Waals surface area (Å²) >= 11 is 0. The molecule has 0 radical (unpaired) electrons. The Morgan fingerprint density at radius 1 is 1.40 bits per heavy atom. The number of rotatable bonds is 3. The van der Waals surface area contributed by atoms with Gasteiger partial charge in [-0.05, 0) is 12.8 Å². The Kier molecular flexibility index (Phi) is 4.51. The lowest BCUT2D eigenvalue weighted by molar-refractivity contribution is -0.123. The molecule has 1 fully saturated rings. The summed E-state index contributed by atoms with van der Waals surface area (Å²) in [6.45, 7) is 3.49. The van der Waals surface area contributed by atoms with Crippen LogP contribution in [0.2, 0.25) is 0 Å². The van der Waals surface area contributed by atoms with Crippen LogP contribution in [0.5, 0.6) is 0 Å². The molecular weight excluding hydrogens is 196 g/mol. The van der Waals surface area contributed by atoms with E-state index in [1.165, 1.54) is 6.92 Å². The smallest absolute Gasteiger partial charge is 0.248 e. The maximum absolute atomic E-state index is 11.0. The van der Waals surface area contributed by atoms with Crippen molar-refractivity contribution in [2.75, 3.05) is 19.6 Å². The van der Waals surface area contributed by atoms with Crippen LogP contribution in [0.4, 0.5) is 0 Å². The molecule has 0 bridgehead atoms. The van der Waals surface area contributed by atoms with E-state index in [2.05, 4.69) is 10.7 Å². The minimum Gasteiger partial charge on any atom is -0.354 e. The van der Waals surface area contributed by atoms with Crippen molar-refractivity contribution in [1.29, 1.82) is 0 Å². The molecule has 2 amide bonds. The normalized spacial score (nSPS) is 18.5. The number of amides is 2. The fraction of sp³-hybridized carbons (Fsp3) is 0.778. The summed E-state index contributed by atoms with van der Waals surface area (Å²) in [5, 5.41) is 2.88. The van der Waals surface area contributed by atoms with Crippen molar-refractivity contribution in [2.24, 2.45) is 5.84 Å². The molecule has 15 heavy (non-hydrogen) atoms. The molecule has 0 aromatic rings. The number of piperidine rings is 1. The number of hydrogen-bond acceptors (Lipinski definition) is 4. The number of nitrogens with zero attached hydrogens (tertiary/aromatic N) is 1. The molecule has 0 spiro atoms. The number of carbonyl (C=O) groups is 2. The molecule has 1 heterocycles. The summed E-state index contributed by atoms with van der Waals surface area (Å²) in [5.41, 5.74) is 2.11. The SMILES string of the molecule is CC(=O)NC1CCN(CC(=O)NN)CC1. The van der Waals surface area contributed by atoms with Gasteiger partial charge in [0.25, 0.3) is 0 Å². The van der Waals surface area contributed by atoms with Gasteiger partial charge in [0.15, 0.2) is 0 Å². The fourth-order valence-corrected chi connectivity index (χ4v) is 1.77. The van der Waals surface area contributed by atoms with E-state index in [9.17, 15) is 9.59 Å². The van der Waals surface area contributed by atoms with E-state index in [1.807, 2.05) is 4.90 Å². The van der Waals surface area contributed by atoms with Crippen molar-refractivity contribution in [1.82, 2.24) is 15.6 Å². The van der Waals surface area contributed by atoms with Crippen molar-refractivity contribution in [2.45, 2.75) is 25.8 Å². The lowest BCUT2D eigenvalue weighted by atomic mass is 10.1. The lowest BCUT2D eigenvalue weighted by Gasteiger charge is -2.31. The summed E-state index contributed by atoms with van der Waals surface area (Å²) < 4.78 is 0. The molecule has 0 aromatic heterocycles. The van der Waals surface area contributed by atoms with Gasteiger partial charge in [-0.15, -0.1) is 0 Å². The van der Waals surface area contributed by atoms with E-state index in [4.69, 9.17) is 5.84 Å². The van der Waals surface area contributed by atoms with Crippen molar-refractivity contribution in [3.8, 4) is 0 Å². The average Bonchev–Trinajstić information content (AvgIpc) is 2.20. The second kappa shape index (κ2) is 5.67. The van der Waals surface area contributed by atoms with Crippen LogP contribution in [0.25, 0.3) is 0 Å². The standard InChI is InChI=1S/C9H18N4O2/c1-7(14)11-8-2-4-13(5-3-8)6-9(15)12-10/h8H,2-6,10H2,1H3,(H,11,14)(H,12,15). The Morgan fingerprint density at radius 3 is 2.47 bits per heavy atom. The third-order valence-corrected chi connectivity index (χ3v) is 2.52. The van der Waals surface area contributed by atoms with Crippen LogP contribution < -0.4 is 16.6 Å². The van der Waals surface area contributed by atoms with Crippen molar-refractivity contribution < 1.29 is 9.59 Å². The highest BCUT2D eigenvalue weighted by Gasteiger charge is 2.20. The summed E-state index contributed by atoms with van der Waals surface area (Å²) in [4.78, 5) is 23.8. The van der Waals surface area contributed by atoms with Crippen LogP contribution in [-0.4, -0.2) is 42.4 Å². The Bertz CT molecular complexity index is 236. The largest absolute Gasteiger partial charge is 0.354 e. The van der Waals surface area contributed by atoms with Crippen LogP contribution >= 0.6 is 0 Å². The number of hydrogen-bond donors (Lipinski definition) is 3. The molecule has 0 atom stereocenters. The lowest BCUT2D eigenvalue weighted by Crippen LogP contribution is -2.47. The molecule has 6 heteroatoms. The molecule has 0 unspecified atom stereocenters. The molecule has 0 saturated carbocycles. The van der Waals surface area contributed by atoms with E-state index in [-0.39, 0.29) is 17.9 Å². The molecule has 0 aliphatic carbocycles. The zero-order chi connectivity index (χ0) is 11.3. The van der Waals surface area contributed by atoms with E-state index in [1.54, 1.807) is 0 Å². The first-order chi connectivity index (χ1) is 7.11. The first kappa shape index (κ1) is 11.9. The molecule has 0 aromatic carbocycles. The van der Waals surface area contributed by atoms with Gasteiger partial charge < -0.3 is 5.32 Å². The minimum absolute atomic E-state index is 0.00755. The van der Waals surface area contributed by atoms with Crippen LogP contribution in [0.1, 0.15) is 19.8 Å². The van der Waals surface area contributed by atoms with E-state index >= 15 is 0 Å². The third-order valence-electron chi connectivity index (χ3n) is 2.52. The molecule has 1 rings (SSSR count). The maximum atomic E-state index is 11.0. The van der Waals surface area contributed by atoms with E-state index in [0.717, 1.165) is 25.9 Å². The Balaban J connectivity index is 2.23. The second-order valence-corrected chi connectivity index (χ2v) is 3.82. The van der Waals surface area contributed by atoms with Crippen LogP contribution in [0, 0.1) is 0 Å². The van der Waals surface area contributed by atoms with Gasteiger partial charge in [0.2, 0.25) is 11.8 Å². The van der Waals surface area contributed by atoms with Crippen LogP contribution in [0.15, 0.2) is 0 Å². The highest BCUT2D eigenvalue weighted by Crippen LogP contribution is 2.09. The van der Waals surface area contributed by atoms with Gasteiger partial charge in [0.05, 0.1) is 6.54 Å². The molecule has 86 valence electrons. The van der Waals surface area contributed by atoms with Gasteiger partial charge in [-0.2, -0.15) is 0 Å². The molecule has 4 N–H and O–H groups in total. The van der Waals surface area contributed by atoms with E-state index in [0.29, 0.717) is 6.54 Å². The predicted octanol–water partition coefficient (Wildman–Crippen LogP) is -1.42. The first-order valence-electron chi connectivity index (χ1n) is 5.10. The van der Waals surface area contributed by atoms with Crippen molar-refractivity contribution in [3.05, 3.63) is 0 Å². The minimum atomic E-state index is -0.173. The number of nitrogens with one attached hydrogen (secondary N) is 2. The predicted molar refractivity (Wildman–Crippen MR) is 55.6 cm³/mol. The van der Waals surface area contributed by atoms with Crippen molar-refractivity contribution in [3.63, 3.8) is 0 Å². The summed E-state index contributed by atoms with van der Waals surface area (Å²) in [7, 11) is 0. The van der Waals surface area contributed by atoms with E-state index < -0.39 is 0 Å². The summed E-state index contributed by atoms with van der Waals surface area (Å²) in [6, 6.07) is 0.250. The van der Waals surface area contributed by atoms with Gasteiger partial charge in [0, 0.05) is 26.1 Å². The van der Waals surface area contributed by atoms with Gasteiger partial charge in [0.1, 0.15) is 0 Å². The van der Waals surface area contributed by atoms with Crippen LogP contribution in [-0.2, 0) is 9.59 Å². The van der Waals surface area contributed by atoms with Crippen LogP contribution in [0.3, 0.4) is 0 Å². The van der Waals surface area contributed by atoms with Gasteiger partial charge in [-0.1, -0.05) is 0 Å². The summed E-state index contributed by atoms with van der Waals surface area (Å²) in [5.74, 6) is 4.83. The summed E-state index contributed by atoms with van der Waals surface area (Å²) in [6.07, 6.45) is 1.77. The quantitative estimate of drug-likeness (QED) is 0.305.